The quantitative estimate of drug-likeness (QED) is 0.729. The highest BCUT2D eigenvalue weighted by molar-refractivity contribution is 7.22. The average molecular weight is 393 g/mol. The van der Waals surface area contributed by atoms with Crippen molar-refractivity contribution >= 4 is 38.9 Å². The monoisotopic (exact) mass is 393 g/mol. The number of alkyl halides is 3. The summed E-state index contributed by atoms with van der Waals surface area (Å²) < 4.78 is 50.3. The highest BCUT2D eigenvalue weighted by atomic mass is 32.1. The number of hydrogen-bond donors (Lipinski definition) is 2. The fraction of sp³-hybridized carbons (Fsp3) is 0.357. The molecule has 0 aliphatic carbocycles. The number of nitrogens with zero attached hydrogens (tertiary/aromatic N) is 1. The fourth-order valence-corrected chi connectivity index (χ4v) is 2.64. The van der Waals surface area contributed by atoms with Gasteiger partial charge in [0.05, 0.1) is 23.4 Å². The van der Waals surface area contributed by atoms with Crippen molar-refractivity contribution in [1.29, 1.82) is 0 Å². The zero-order valence-corrected chi connectivity index (χ0v) is 14.2. The molecular formula is C14H14F3N3O5S. The standard InChI is InChI=1S/C14H14F3N3O5S/c1-2-23-12(21)18-5-6-24-13(22)20-11-19-9-4-3-8(7-10(9)26-11)25-14(15,16)17/h3-4,7H,2,5-6H2,1H3,(H,18,21)(H,19,20,22). The number of carbonyl (C=O) groups excluding carboxylic acids is 2. The number of ether oxygens (including phenoxy) is 3. The number of fused-ring (bicyclic) bond motifs is 1. The summed E-state index contributed by atoms with van der Waals surface area (Å²) in [6.07, 6.45) is -6.23. The van der Waals surface area contributed by atoms with Gasteiger partial charge in [-0.25, -0.2) is 14.6 Å². The second kappa shape index (κ2) is 8.56. The van der Waals surface area contributed by atoms with Gasteiger partial charge in [0.25, 0.3) is 0 Å². The third-order valence-electron chi connectivity index (χ3n) is 2.68. The number of carbonyl (C=O) groups is 2. The fourth-order valence-electron chi connectivity index (χ4n) is 1.76. The van der Waals surface area contributed by atoms with Crippen LogP contribution in [0.1, 0.15) is 6.92 Å². The van der Waals surface area contributed by atoms with Crippen molar-refractivity contribution in [3.63, 3.8) is 0 Å². The number of anilines is 1. The number of aromatic nitrogens is 1. The van der Waals surface area contributed by atoms with Crippen LogP contribution in [0, 0.1) is 0 Å². The number of halogens is 3. The maximum atomic E-state index is 12.2. The van der Waals surface area contributed by atoms with E-state index in [4.69, 9.17) is 4.74 Å². The number of hydrogen-bond acceptors (Lipinski definition) is 7. The van der Waals surface area contributed by atoms with Crippen LogP contribution in [0.15, 0.2) is 18.2 Å². The lowest BCUT2D eigenvalue weighted by Gasteiger charge is -2.07. The minimum absolute atomic E-state index is 0.0598. The minimum Gasteiger partial charge on any atom is -0.450 e. The van der Waals surface area contributed by atoms with Gasteiger partial charge in [0.1, 0.15) is 12.4 Å². The zero-order valence-electron chi connectivity index (χ0n) is 13.4. The Morgan fingerprint density at radius 3 is 2.69 bits per heavy atom. The molecule has 1 heterocycles. The van der Waals surface area contributed by atoms with Gasteiger partial charge in [-0.3, -0.25) is 5.32 Å². The van der Waals surface area contributed by atoms with Gasteiger partial charge in [-0.1, -0.05) is 11.3 Å². The molecule has 0 saturated heterocycles. The number of amides is 2. The van der Waals surface area contributed by atoms with Crippen molar-refractivity contribution in [3.8, 4) is 5.75 Å². The first kappa shape index (κ1) is 19.6. The molecule has 2 N–H and O–H groups in total. The molecule has 0 spiro atoms. The molecular weight excluding hydrogens is 379 g/mol. The Morgan fingerprint density at radius 1 is 1.23 bits per heavy atom. The van der Waals surface area contributed by atoms with Gasteiger partial charge < -0.3 is 19.5 Å². The number of nitrogens with one attached hydrogen (secondary N) is 2. The van der Waals surface area contributed by atoms with Gasteiger partial charge in [0, 0.05) is 6.07 Å². The normalized spacial score (nSPS) is 11.1. The number of thiazole rings is 1. The molecule has 0 bridgehead atoms. The van der Waals surface area contributed by atoms with E-state index < -0.39 is 18.5 Å². The Kier molecular flexibility index (Phi) is 6.44. The van der Waals surface area contributed by atoms with E-state index in [1.165, 1.54) is 12.1 Å². The van der Waals surface area contributed by atoms with Crippen molar-refractivity contribution in [2.75, 3.05) is 25.1 Å². The van der Waals surface area contributed by atoms with Crippen LogP contribution in [0.3, 0.4) is 0 Å². The van der Waals surface area contributed by atoms with E-state index >= 15 is 0 Å². The molecule has 0 aliphatic heterocycles. The molecule has 0 fully saturated rings. The summed E-state index contributed by atoms with van der Waals surface area (Å²) in [6.45, 7) is 1.84. The number of benzene rings is 1. The lowest BCUT2D eigenvalue weighted by molar-refractivity contribution is -0.274. The number of rotatable bonds is 6. The zero-order chi connectivity index (χ0) is 19.2. The van der Waals surface area contributed by atoms with E-state index in [-0.39, 0.29) is 30.6 Å². The summed E-state index contributed by atoms with van der Waals surface area (Å²) in [5, 5.41) is 4.86. The van der Waals surface area contributed by atoms with Crippen molar-refractivity contribution in [1.82, 2.24) is 10.3 Å². The second-order valence-electron chi connectivity index (χ2n) is 4.60. The lowest BCUT2D eigenvalue weighted by atomic mass is 10.3. The van der Waals surface area contributed by atoms with Crippen LogP contribution in [0.25, 0.3) is 10.2 Å². The van der Waals surface area contributed by atoms with Gasteiger partial charge in [-0.05, 0) is 19.1 Å². The SMILES string of the molecule is CCOC(=O)NCCOC(=O)Nc1nc2ccc(OC(F)(F)F)cc2s1. The summed E-state index contributed by atoms with van der Waals surface area (Å²) in [5.74, 6) is -0.382. The molecule has 1 aromatic carbocycles. The first-order chi connectivity index (χ1) is 12.3. The minimum atomic E-state index is -4.79. The molecule has 0 atom stereocenters. The van der Waals surface area contributed by atoms with Crippen molar-refractivity contribution in [3.05, 3.63) is 18.2 Å². The van der Waals surface area contributed by atoms with E-state index in [9.17, 15) is 22.8 Å². The highest BCUT2D eigenvalue weighted by Gasteiger charge is 2.31. The Balaban J connectivity index is 1.86. The molecule has 1 aromatic heterocycles. The molecule has 2 aromatic rings. The van der Waals surface area contributed by atoms with Crippen LogP contribution < -0.4 is 15.4 Å². The summed E-state index contributed by atoms with van der Waals surface area (Å²) in [5.41, 5.74) is 0.392. The molecule has 0 radical (unpaired) electrons. The molecule has 8 nitrogen and oxygen atoms in total. The van der Waals surface area contributed by atoms with Crippen molar-refractivity contribution < 1.29 is 37.0 Å². The van der Waals surface area contributed by atoms with Gasteiger partial charge in [-0.2, -0.15) is 0 Å². The Morgan fingerprint density at radius 2 is 2.00 bits per heavy atom. The molecule has 26 heavy (non-hydrogen) atoms. The first-order valence-corrected chi connectivity index (χ1v) is 8.09. The van der Waals surface area contributed by atoms with Crippen molar-refractivity contribution in [2.24, 2.45) is 0 Å². The number of alkyl carbamates (subject to hydrolysis) is 1. The smallest absolute Gasteiger partial charge is 0.450 e. The second-order valence-corrected chi connectivity index (χ2v) is 5.64. The molecule has 2 amide bonds. The summed E-state index contributed by atoms with van der Waals surface area (Å²) in [6, 6.07) is 3.63. The van der Waals surface area contributed by atoms with Gasteiger partial charge >= 0.3 is 18.5 Å². The first-order valence-electron chi connectivity index (χ1n) is 7.27. The summed E-state index contributed by atoms with van der Waals surface area (Å²) in [7, 11) is 0. The van der Waals surface area contributed by atoms with Crippen molar-refractivity contribution in [2.45, 2.75) is 13.3 Å². The van der Waals surface area contributed by atoms with E-state index in [0.29, 0.717) is 10.2 Å². The van der Waals surface area contributed by atoms with Crippen LogP contribution in [0.4, 0.5) is 27.9 Å². The maximum Gasteiger partial charge on any atom is 0.573 e. The average Bonchev–Trinajstić information content (AvgIpc) is 2.91. The van der Waals surface area contributed by atoms with Crippen LogP contribution in [-0.4, -0.2) is 43.3 Å². The summed E-state index contributed by atoms with van der Waals surface area (Å²) >= 11 is 0.956. The molecule has 0 unspecified atom stereocenters. The third-order valence-corrected chi connectivity index (χ3v) is 3.62. The Hall–Kier alpha value is -2.76. The van der Waals surface area contributed by atoms with Crippen LogP contribution in [-0.2, 0) is 9.47 Å². The topological polar surface area (TPSA) is 98.8 Å². The molecule has 2 rings (SSSR count). The Bertz CT molecular complexity index is 781. The predicted octanol–water partition coefficient (Wildman–Crippen LogP) is 3.49. The lowest BCUT2D eigenvalue weighted by Crippen LogP contribution is -2.29. The molecule has 142 valence electrons. The maximum absolute atomic E-state index is 12.2. The Labute approximate surface area is 149 Å². The molecule has 0 saturated carbocycles. The van der Waals surface area contributed by atoms with Crippen LogP contribution in [0.5, 0.6) is 5.75 Å². The van der Waals surface area contributed by atoms with Gasteiger partial charge in [0.15, 0.2) is 5.13 Å². The molecule has 12 heteroatoms. The van der Waals surface area contributed by atoms with E-state index in [0.717, 1.165) is 17.4 Å². The van der Waals surface area contributed by atoms with E-state index in [2.05, 4.69) is 25.1 Å². The van der Waals surface area contributed by atoms with Crippen LogP contribution >= 0.6 is 11.3 Å². The largest absolute Gasteiger partial charge is 0.573 e. The van der Waals surface area contributed by atoms with Gasteiger partial charge in [0.2, 0.25) is 0 Å². The van der Waals surface area contributed by atoms with Crippen LogP contribution in [0.2, 0.25) is 0 Å². The van der Waals surface area contributed by atoms with E-state index in [1.54, 1.807) is 6.92 Å². The van der Waals surface area contributed by atoms with E-state index in [1.807, 2.05) is 0 Å². The highest BCUT2D eigenvalue weighted by Crippen LogP contribution is 2.31. The predicted molar refractivity (Wildman–Crippen MR) is 86.3 cm³/mol. The summed E-state index contributed by atoms with van der Waals surface area (Å²) in [4.78, 5) is 26.7. The molecule has 0 aliphatic rings. The van der Waals surface area contributed by atoms with Gasteiger partial charge in [-0.15, -0.1) is 13.2 Å². The third kappa shape index (κ3) is 6.27.